The lowest BCUT2D eigenvalue weighted by Crippen LogP contribution is -1.94. The number of halogens is 1. The van der Waals surface area contributed by atoms with Crippen molar-refractivity contribution in [3.05, 3.63) is 23.9 Å². The van der Waals surface area contributed by atoms with Crippen LogP contribution < -0.4 is 11.5 Å². The van der Waals surface area contributed by atoms with Crippen LogP contribution in [0.5, 0.6) is 0 Å². The summed E-state index contributed by atoms with van der Waals surface area (Å²) in [5.41, 5.74) is 10.6. The first-order valence-corrected chi connectivity index (χ1v) is 2.68. The molecular formula is C6H11FN2. The molecule has 2 nitrogen and oxygen atoms in total. The van der Waals surface area contributed by atoms with E-state index in [4.69, 9.17) is 11.5 Å². The zero-order valence-electron chi connectivity index (χ0n) is 5.18. The molecular weight excluding hydrogens is 119 g/mol. The molecule has 52 valence electrons. The van der Waals surface area contributed by atoms with Gasteiger partial charge >= 0.3 is 0 Å². The van der Waals surface area contributed by atoms with Crippen molar-refractivity contribution in [2.75, 3.05) is 13.2 Å². The molecule has 0 aromatic heterocycles. The molecule has 0 aromatic rings. The van der Waals surface area contributed by atoms with Crippen molar-refractivity contribution < 1.29 is 4.39 Å². The van der Waals surface area contributed by atoms with Crippen molar-refractivity contribution in [2.24, 2.45) is 11.5 Å². The standard InChI is InChI=1S/C6H11FN2/c7-4-6(5-9)2-1-3-8/h1-2,5H,3-4,8-9H2/b2-1-,6-5+. The molecule has 9 heavy (non-hydrogen) atoms. The highest BCUT2D eigenvalue weighted by atomic mass is 19.1. The Morgan fingerprint density at radius 1 is 1.56 bits per heavy atom. The number of rotatable bonds is 3. The third kappa shape index (κ3) is 3.73. The summed E-state index contributed by atoms with van der Waals surface area (Å²) >= 11 is 0. The highest BCUT2D eigenvalue weighted by Crippen LogP contribution is 1.93. The van der Waals surface area contributed by atoms with Gasteiger partial charge in [0.2, 0.25) is 0 Å². The van der Waals surface area contributed by atoms with Crippen molar-refractivity contribution in [1.29, 1.82) is 0 Å². The van der Waals surface area contributed by atoms with Crippen LogP contribution in [-0.2, 0) is 0 Å². The van der Waals surface area contributed by atoms with E-state index < -0.39 is 6.67 Å². The van der Waals surface area contributed by atoms with Gasteiger partial charge in [-0.1, -0.05) is 12.2 Å². The van der Waals surface area contributed by atoms with E-state index in [2.05, 4.69) is 0 Å². The average Bonchev–Trinajstić information content (AvgIpc) is 1.91. The van der Waals surface area contributed by atoms with Crippen LogP contribution in [0.15, 0.2) is 23.9 Å². The Bertz CT molecular complexity index is 118. The molecule has 0 bridgehead atoms. The summed E-state index contributed by atoms with van der Waals surface area (Å²) in [6.45, 7) is -0.121. The molecule has 0 rings (SSSR count). The molecule has 0 fully saturated rings. The normalized spacial score (nSPS) is 12.9. The maximum atomic E-state index is 11.7. The Hall–Kier alpha value is -0.830. The van der Waals surface area contributed by atoms with Crippen LogP contribution in [0.1, 0.15) is 0 Å². The van der Waals surface area contributed by atoms with Gasteiger partial charge in [-0.2, -0.15) is 0 Å². The summed E-state index contributed by atoms with van der Waals surface area (Å²) in [6.07, 6.45) is 4.45. The summed E-state index contributed by atoms with van der Waals surface area (Å²) in [7, 11) is 0. The van der Waals surface area contributed by atoms with Crippen LogP contribution in [-0.4, -0.2) is 13.2 Å². The minimum atomic E-state index is -0.535. The van der Waals surface area contributed by atoms with Crippen molar-refractivity contribution in [1.82, 2.24) is 0 Å². The molecule has 0 saturated carbocycles. The Morgan fingerprint density at radius 3 is 2.56 bits per heavy atom. The van der Waals surface area contributed by atoms with Gasteiger partial charge in [-0.05, 0) is 11.8 Å². The zero-order valence-corrected chi connectivity index (χ0v) is 5.18. The maximum absolute atomic E-state index is 11.7. The maximum Gasteiger partial charge on any atom is 0.116 e. The molecule has 0 unspecified atom stereocenters. The van der Waals surface area contributed by atoms with Gasteiger partial charge in [0.15, 0.2) is 0 Å². The average molecular weight is 130 g/mol. The van der Waals surface area contributed by atoms with Gasteiger partial charge in [-0.25, -0.2) is 4.39 Å². The first-order valence-electron chi connectivity index (χ1n) is 2.68. The minimum Gasteiger partial charge on any atom is -0.404 e. The lowest BCUT2D eigenvalue weighted by Gasteiger charge is -1.88. The van der Waals surface area contributed by atoms with Gasteiger partial charge in [-0.3, -0.25) is 0 Å². The second kappa shape index (κ2) is 5.31. The van der Waals surface area contributed by atoms with Crippen molar-refractivity contribution in [2.45, 2.75) is 0 Å². The van der Waals surface area contributed by atoms with Gasteiger partial charge in [0.1, 0.15) is 6.67 Å². The summed E-state index contributed by atoms with van der Waals surface area (Å²) in [5, 5.41) is 0. The van der Waals surface area contributed by atoms with Crippen LogP contribution >= 0.6 is 0 Å². The van der Waals surface area contributed by atoms with E-state index in [-0.39, 0.29) is 0 Å². The van der Waals surface area contributed by atoms with E-state index >= 15 is 0 Å². The quantitative estimate of drug-likeness (QED) is 0.540. The first-order chi connectivity index (χ1) is 4.35. The van der Waals surface area contributed by atoms with Crippen molar-refractivity contribution in [3.63, 3.8) is 0 Å². The second-order valence-electron chi connectivity index (χ2n) is 1.51. The largest absolute Gasteiger partial charge is 0.404 e. The first kappa shape index (κ1) is 8.17. The fourth-order valence-corrected chi connectivity index (χ4v) is 0.364. The zero-order chi connectivity index (χ0) is 7.11. The molecule has 0 spiro atoms. The third-order valence-corrected chi connectivity index (χ3v) is 0.836. The Morgan fingerprint density at radius 2 is 2.22 bits per heavy atom. The second-order valence-corrected chi connectivity index (χ2v) is 1.51. The van der Waals surface area contributed by atoms with Crippen molar-refractivity contribution in [3.8, 4) is 0 Å². The van der Waals surface area contributed by atoms with E-state index in [9.17, 15) is 4.39 Å². The summed E-state index contributed by atoms with van der Waals surface area (Å²) < 4.78 is 11.7. The Balaban J connectivity index is 3.70. The third-order valence-electron chi connectivity index (χ3n) is 0.836. The molecule has 0 aliphatic rings. The molecule has 0 amide bonds. The molecule has 0 saturated heterocycles. The number of alkyl halides is 1. The number of allylic oxidation sites excluding steroid dienone is 2. The molecule has 3 heteroatoms. The summed E-state index contributed by atoms with van der Waals surface area (Å²) in [6, 6.07) is 0. The number of hydrogen-bond donors (Lipinski definition) is 2. The van der Waals surface area contributed by atoms with Crippen LogP contribution in [0.25, 0.3) is 0 Å². The number of nitrogens with two attached hydrogens (primary N) is 2. The topological polar surface area (TPSA) is 52.0 Å². The van der Waals surface area contributed by atoms with Crippen LogP contribution in [0, 0.1) is 0 Å². The monoisotopic (exact) mass is 130 g/mol. The van der Waals surface area contributed by atoms with E-state index in [1.54, 1.807) is 12.2 Å². The van der Waals surface area contributed by atoms with Crippen LogP contribution in [0.2, 0.25) is 0 Å². The molecule has 0 aliphatic heterocycles. The highest BCUT2D eigenvalue weighted by molar-refractivity contribution is 5.17. The van der Waals surface area contributed by atoms with Crippen LogP contribution in [0.3, 0.4) is 0 Å². The van der Waals surface area contributed by atoms with Gasteiger partial charge in [0, 0.05) is 6.54 Å². The summed E-state index contributed by atoms with van der Waals surface area (Å²) in [4.78, 5) is 0. The molecule has 0 radical (unpaired) electrons. The van der Waals surface area contributed by atoms with E-state index in [1.165, 1.54) is 6.20 Å². The van der Waals surface area contributed by atoms with Gasteiger partial charge < -0.3 is 11.5 Å². The highest BCUT2D eigenvalue weighted by Gasteiger charge is 1.84. The molecule has 0 heterocycles. The molecule has 0 atom stereocenters. The smallest absolute Gasteiger partial charge is 0.116 e. The van der Waals surface area contributed by atoms with Gasteiger partial charge in [0.25, 0.3) is 0 Å². The lowest BCUT2D eigenvalue weighted by molar-refractivity contribution is 0.549. The van der Waals surface area contributed by atoms with E-state index in [1.807, 2.05) is 0 Å². The lowest BCUT2D eigenvalue weighted by atomic mass is 10.3. The molecule has 4 N–H and O–H groups in total. The fraction of sp³-hybridized carbons (Fsp3) is 0.333. The molecule has 0 aliphatic carbocycles. The predicted molar refractivity (Wildman–Crippen MR) is 36.4 cm³/mol. The van der Waals surface area contributed by atoms with Gasteiger partial charge in [-0.15, -0.1) is 0 Å². The van der Waals surface area contributed by atoms with Crippen LogP contribution in [0.4, 0.5) is 4.39 Å². The Kier molecular flexibility index (Phi) is 4.82. The SMILES string of the molecule is N/C=C(\C=C/CN)CF. The summed E-state index contributed by atoms with van der Waals surface area (Å²) in [5.74, 6) is 0. The fourth-order valence-electron chi connectivity index (χ4n) is 0.364. The predicted octanol–water partition coefficient (Wildman–Crippen LogP) is 0.313. The Labute approximate surface area is 54.0 Å². The van der Waals surface area contributed by atoms with Gasteiger partial charge in [0.05, 0.1) is 0 Å². The number of hydrogen-bond acceptors (Lipinski definition) is 2. The minimum absolute atomic E-state index is 0.414. The van der Waals surface area contributed by atoms with E-state index in [0.717, 1.165) is 0 Å². The van der Waals surface area contributed by atoms with E-state index in [0.29, 0.717) is 12.1 Å². The molecule has 0 aromatic carbocycles. The van der Waals surface area contributed by atoms with Crippen molar-refractivity contribution >= 4 is 0 Å².